The number of hydrogen-bond donors (Lipinski definition) is 0. The SMILES string of the molecule is COc1cc2ncnc(N3CCCC(F)C3)c2cc1OC. The molecule has 0 bridgehead atoms. The van der Waals surface area contributed by atoms with Crippen molar-refractivity contribution in [3.05, 3.63) is 18.5 Å². The highest BCUT2D eigenvalue weighted by molar-refractivity contribution is 5.92. The van der Waals surface area contributed by atoms with Gasteiger partial charge in [-0.3, -0.25) is 0 Å². The highest BCUT2D eigenvalue weighted by Crippen LogP contribution is 2.35. The number of hydrogen-bond acceptors (Lipinski definition) is 5. The Bertz CT molecular complexity index is 650. The predicted octanol–water partition coefficient (Wildman–Crippen LogP) is 2.59. The van der Waals surface area contributed by atoms with E-state index in [-0.39, 0.29) is 0 Å². The van der Waals surface area contributed by atoms with E-state index in [0.29, 0.717) is 24.5 Å². The van der Waals surface area contributed by atoms with Gasteiger partial charge in [0.25, 0.3) is 0 Å². The summed E-state index contributed by atoms with van der Waals surface area (Å²) in [5, 5.41) is 0.851. The summed E-state index contributed by atoms with van der Waals surface area (Å²) in [6, 6.07) is 3.67. The first-order valence-corrected chi connectivity index (χ1v) is 6.98. The summed E-state index contributed by atoms with van der Waals surface area (Å²) in [6.07, 6.45) is 2.16. The summed E-state index contributed by atoms with van der Waals surface area (Å²) in [6.45, 7) is 1.18. The molecular weight excluding hydrogens is 273 g/mol. The molecule has 0 spiro atoms. The topological polar surface area (TPSA) is 47.5 Å². The number of aromatic nitrogens is 2. The third-order valence-corrected chi connectivity index (χ3v) is 3.78. The number of alkyl halides is 1. The minimum atomic E-state index is -0.802. The van der Waals surface area contributed by atoms with E-state index in [9.17, 15) is 4.39 Å². The minimum Gasteiger partial charge on any atom is -0.493 e. The zero-order valence-electron chi connectivity index (χ0n) is 12.2. The van der Waals surface area contributed by atoms with E-state index < -0.39 is 6.17 Å². The highest BCUT2D eigenvalue weighted by atomic mass is 19.1. The van der Waals surface area contributed by atoms with Crippen molar-refractivity contribution in [3.63, 3.8) is 0 Å². The van der Waals surface area contributed by atoms with Crippen molar-refractivity contribution in [1.29, 1.82) is 0 Å². The second-order valence-corrected chi connectivity index (χ2v) is 5.11. The van der Waals surface area contributed by atoms with Crippen molar-refractivity contribution in [2.75, 3.05) is 32.2 Å². The van der Waals surface area contributed by atoms with Gasteiger partial charge < -0.3 is 14.4 Å². The first-order chi connectivity index (χ1) is 10.2. The van der Waals surface area contributed by atoms with Crippen LogP contribution in [0.15, 0.2) is 18.5 Å². The van der Waals surface area contributed by atoms with Gasteiger partial charge in [-0.1, -0.05) is 0 Å². The van der Waals surface area contributed by atoms with Crippen LogP contribution in [-0.4, -0.2) is 43.4 Å². The Kier molecular flexibility index (Phi) is 3.77. The van der Waals surface area contributed by atoms with E-state index in [1.54, 1.807) is 14.2 Å². The zero-order valence-corrected chi connectivity index (χ0v) is 12.2. The van der Waals surface area contributed by atoms with Gasteiger partial charge in [0.2, 0.25) is 0 Å². The quantitative estimate of drug-likeness (QED) is 0.870. The zero-order chi connectivity index (χ0) is 14.8. The van der Waals surface area contributed by atoms with E-state index in [1.807, 2.05) is 17.0 Å². The fourth-order valence-electron chi connectivity index (χ4n) is 2.74. The van der Waals surface area contributed by atoms with Crippen LogP contribution in [0, 0.1) is 0 Å². The molecule has 21 heavy (non-hydrogen) atoms. The molecule has 6 heteroatoms. The van der Waals surface area contributed by atoms with Gasteiger partial charge in [0.05, 0.1) is 26.3 Å². The molecule has 0 amide bonds. The maximum atomic E-state index is 13.7. The summed E-state index contributed by atoms with van der Waals surface area (Å²) in [5.41, 5.74) is 0.763. The molecule has 0 N–H and O–H groups in total. The van der Waals surface area contributed by atoms with Gasteiger partial charge in [0.15, 0.2) is 11.5 Å². The number of rotatable bonds is 3. The molecule has 112 valence electrons. The van der Waals surface area contributed by atoms with Crippen LogP contribution in [0.4, 0.5) is 10.2 Å². The molecule has 1 aliphatic heterocycles. The Balaban J connectivity index is 2.10. The van der Waals surface area contributed by atoms with Gasteiger partial charge in [0, 0.05) is 18.0 Å². The molecule has 1 atom stereocenters. The number of fused-ring (bicyclic) bond motifs is 1. The van der Waals surface area contributed by atoms with Crippen molar-refractivity contribution in [3.8, 4) is 11.5 Å². The Hall–Kier alpha value is -2.11. The number of methoxy groups -OCH3 is 2. The molecular formula is C15H18FN3O2. The van der Waals surface area contributed by atoms with E-state index in [0.717, 1.165) is 29.7 Å². The minimum absolute atomic E-state index is 0.375. The molecule has 2 aromatic rings. The molecule has 1 unspecified atom stereocenters. The van der Waals surface area contributed by atoms with Gasteiger partial charge >= 0.3 is 0 Å². The Morgan fingerprint density at radius 3 is 2.67 bits per heavy atom. The maximum absolute atomic E-state index is 13.7. The number of halogens is 1. The van der Waals surface area contributed by atoms with Crippen LogP contribution < -0.4 is 14.4 Å². The lowest BCUT2D eigenvalue weighted by molar-refractivity contribution is 0.286. The number of anilines is 1. The van der Waals surface area contributed by atoms with Crippen LogP contribution in [-0.2, 0) is 0 Å². The first kappa shape index (κ1) is 13.9. The van der Waals surface area contributed by atoms with Crippen LogP contribution in [0.1, 0.15) is 12.8 Å². The highest BCUT2D eigenvalue weighted by Gasteiger charge is 2.22. The molecule has 3 rings (SSSR count). The van der Waals surface area contributed by atoms with Crippen LogP contribution in [0.3, 0.4) is 0 Å². The van der Waals surface area contributed by atoms with Gasteiger partial charge in [-0.05, 0) is 18.9 Å². The fourth-order valence-corrected chi connectivity index (χ4v) is 2.74. The third kappa shape index (κ3) is 2.57. The summed E-state index contributed by atoms with van der Waals surface area (Å²) < 4.78 is 24.3. The van der Waals surface area contributed by atoms with Crippen molar-refractivity contribution >= 4 is 16.7 Å². The molecule has 1 fully saturated rings. The monoisotopic (exact) mass is 291 g/mol. The lowest BCUT2D eigenvalue weighted by atomic mass is 10.1. The number of nitrogens with zero attached hydrogens (tertiary/aromatic N) is 3. The Labute approximate surface area is 122 Å². The van der Waals surface area contributed by atoms with Gasteiger partial charge in [-0.2, -0.15) is 0 Å². The molecule has 0 saturated carbocycles. The van der Waals surface area contributed by atoms with Crippen LogP contribution in [0.5, 0.6) is 11.5 Å². The summed E-state index contributed by atoms with van der Waals surface area (Å²) in [4.78, 5) is 10.6. The molecule has 0 radical (unpaired) electrons. The summed E-state index contributed by atoms with van der Waals surface area (Å²) in [5.74, 6) is 2.00. The second-order valence-electron chi connectivity index (χ2n) is 5.11. The van der Waals surface area contributed by atoms with Crippen LogP contribution in [0.25, 0.3) is 10.9 Å². The number of piperidine rings is 1. The molecule has 1 aliphatic rings. The molecule has 0 aliphatic carbocycles. The van der Waals surface area contributed by atoms with Crippen molar-refractivity contribution < 1.29 is 13.9 Å². The number of benzene rings is 1. The third-order valence-electron chi connectivity index (χ3n) is 3.78. The summed E-state index contributed by atoms with van der Waals surface area (Å²) >= 11 is 0. The molecule has 1 aromatic carbocycles. The molecule has 1 aromatic heterocycles. The molecule has 5 nitrogen and oxygen atoms in total. The second kappa shape index (κ2) is 5.71. The normalized spacial score (nSPS) is 18.8. The largest absolute Gasteiger partial charge is 0.493 e. The van der Waals surface area contributed by atoms with E-state index >= 15 is 0 Å². The van der Waals surface area contributed by atoms with Gasteiger partial charge in [-0.15, -0.1) is 0 Å². The van der Waals surface area contributed by atoms with Crippen LogP contribution >= 0.6 is 0 Å². The summed E-state index contributed by atoms with van der Waals surface area (Å²) in [7, 11) is 3.18. The van der Waals surface area contributed by atoms with Gasteiger partial charge in [-0.25, -0.2) is 14.4 Å². The lowest BCUT2D eigenvalue weighted by Gasteiger charge is -2.30. The Morgan fingerprint density at radius 2 is 1.95 bits per heavy atom. The van der Waals surface area contributed by atoms with E-state index in [1.165, 1.54) is 6.33 Å². The molecule has 1 saturated heterocycles. The average molecular weight is 291 g/mol. The molecule has 2 heterocycles. The van der Waals surface area contributed by atoms with Crippen molar-refractivity contribution in [2.24, 2.45) is 0 Å². The number of ether oxygens (including phenoxy) is 2. The maximum Gasteiger partial charge on any atom is 0.162 e. The predicted molar refractivity (Wildman–Crippen MR) is 79.0 cm³/mol. The first-order valence-electron chi connectivity index (χ1n) is 6.98. The van der Waals surface area contributed by atoms with Crippen molar-refractivity contribution in [2.45, 2.75) is 19.0 Å². The standard InChI is InChI=1S/C15H18FN3O2/c1-20-13-6-11-12(7-14(13)21-2)17-9-18-15(11)19-5-3-4-10(16)8-19/h6-7,9-10H,3-5,8H2,1-2H3. The average Bonchev–Trinajstić information content (AvgIpc) is 2.52. The van der Waals surface area contributed by atoms with Crippen LogP contribution in [0.2, 0.25) is 0 Å². The van der Waals surface area contributed by atoms with E-state index in [2.05, 4.69) is 9.97 Å². The fraction of sp³-hybridized carbons (Fsp3) is 0.467. The lowest BCUT2D eigenvalue weighted by Crippen LogP contribution is -2.37. The van der Waals surface area contributed by atoms with E-state index in [4.69, 9.17) is 9.47 Å². The Morgan fingerprint density at radius 1 is 1.19 bits per heavy atom. The smallest absolute Gasteiger partial charge is 0.162 e. The van der Waals surface area contributed by atoms with Crippen molar-refractivity contribution in [1.82, 2.24) is 9.97 Å². The van der Waals surface area contributed by atoms with Gasteiger partial charge in [0.1, 0.15) is 18.3 Å².